The molecular weight excluding hydrogens is 216 g/mol. The monoisotopic (exact) mass is 232 g/mol. The van der Waals surface area contributed by atoms with Gasteiger partial charge in [0.25, 0.3) is 0 Å². The fourth-order valence-corrected chi connectivity index (χ4v) is 1.75. The SMILES string of the molecule is CNCCCCc1nc2ccccc2c(=O)o1. The van der Waals surface area contributed by atoms with Crippen LogP contribution in [-0.4, -0.2) is 18.6 Å². The molecule has 0 aliphatic rings. The minimum absolute atomic E-state index is 0.292. The Hall–Kier alpha value is -1.68. The van der Waals surface area contributed by atoms with Crippen molar-refractivity contribution in [3.8, 4) is 0 Å². The van der Waals surface area contributed by atoms with Gasteiger partial charge in [-0.15, -0.1) is 0 Å². The predicted octanol–water partition coefficient (Wildman–Crippen LogP) is 1.73. The molecule has 2 rings (SSSR count). The largest absolute Gasteiger partial charge is 0.408 e. The summed E-state index contributed by atoms with van der Waals surface area (Å²) < 4.78 is 5.18. The molecule has 4 nitrogen and oxygen atoms in total. The molecule has 0 radical (unpaired) electrons. The number of para-hydroxylation sites is 1. The lowest BCUT2D eigenvalue weighted by atomic mass is 10.2. The maximum atomic E-state index is 11.7. The first-order chi connectivity index (χ1) is 8.31. The summed E-state index contributed by atoms with van der Waals surface area (Å²) in [4.78, 5) is 16.0. The molecule has 0 unspecified atom stereocenters. The first kappa shape index (κ1) is 11.8. The van der Waals surface area contributed by atoms with Gasteiger partial charge in [-0.2, -0.15) is 0 Å². The molecule has 0 saturated heterocycles. The van der Waals surface area contributed by atoms with Gasteiger partial charge < -0.3 is 9.73 Å². The van der Waals surface area contributed by atoms with Gasteiger partial charge in [-0.3, -0.25) is 0 Å². The first-order valence-electron chi connectivity index (χ1n) is 5.84. The van der Waals surface area contributed by atoms with Crippen molar-refractivity contribution in [1.29, 1.82) is 0 Å². The van der Waals surface area contributed by atoms with Crippen LogP contribution in [0.2, 0.25) is 0 Å². The second-order valence-electron chi connectivity index (χ2n) is 3.97. The van der Waals surface area contributed by atoms with Crippen molar-refractivity contribution < 1.29 is 4.42 Å². The fourth-order valence-electron chi connectivity index (χ4n) is 1.75. The van der Waals surface area contributed by atoms with Crippen LogP contribution >= 0.6 is 0 Å². The lowest BCUT2D eigenvalue weighted by Gasteiger charge is -2.01. The standard InChI is InChI=1S/C13H16N2O2/c1-14-9-5-4-8-12-15-11-7-3-2-6-10(11)13(16)17-12/h2-3,6-7,14H,4-5,8-9H2,1H3. The van der Waals surface area contributed by atoms with E-state index in [2.05, 4.69) is 10.3 Å². The van der Waals surface area contributed by atoms with Crippen LogP contribution in [0.1, 0.15) is 18.7 Å². The van der Waals surface area contributed by atoms with Crippen molar-refractivity contribution in [2.24, 2.45) is 0 Å². The highest BCUT2D eigenvalue weighted by molar-refractivity contribution is 5.76. The topological polar surface area (TPSA) is 55.1 Å². The Morgan fingerprint density at radius 2 is 2.12 bits per heavy atom. The summed E-state index contributed by atoms with van der Waals surface area (Å²) in [5.41, 5.74) is 0.423. The molecule has 1 aromatic carbocycles. The second-order valence-corrected chi connectivity index (χ2v) is 3.97. The number of unbranched alkanes of at least 4 members (excludes halogenated alkanes) is 1. The number of benzene rings is 1. The van der Waals surface area contributed by atoms with Gasteiger partial charge in [-0.25, -0.2) is 9.78 Å². The lowest BCUT2D eigenvalue weighted by molar-refractivity contribution is 0.435. The van der Waals surface area contributed by atoms with Crippen LogP contribution in [0.15, 0.2) is 33.5 Å². The van der Waals surface area contributed by atoms with Crippen LogP contribution in [0.25, 0.3) is 10.9 Å². The normalized spacial score (nSPS) is 10.9. The zero-order valence-corrected chi connectivity index (χ0v) is 9.90. The van der Waals surface area contributed by atoms with E-state index in [1.165, 1.54) is 0 Å². The molecule has 0 bridgehead atoms. The maximum Gasteiger partial charge on any atom is 0.346 e. The molecule has 4 heteroatoms. The molecule has 17 heavy (non-hydrogen) atoms. The Labute approximate surface area is 99.7 Å². The highest BCUT2D eigenvalue weighted by atomic mass is 16.4. The number of nitrogens with zero attached hydrogens (tertiary/aromatic N) is 1. The van der Waals surface area contributed by atoms with Gasteiger partial charge in [0.1, 0.15) is 0 Å². The number of nitrogens with one attached hydrogen (secondary N) is 1. The summed E-state index contributed by atoms with van der Waals surface area (Å²) in [6, 6.07) is 7.26. The summed E-state index contributed by atoms with van der Waals surface area (Å²) in [6.45, 7) is 0.970. The second kappa shape index (κ2) is 5.59. The summed E-state index contributed by atoms with van der Waals surface area (Å²) in [6.07, 6.45) is 2.73. The van der Waals surface area contributed by atoms with Gasteiger partial charge in [0, 0.05) is 6.42 Å². The van der Waals surface area contributed by atoms with E-state index < -0.39 is 0 Å². The van der Waals surface area contributed by atoms with Crippen molar-refractivity contribution in [3.05, 3.63) is 40.6 Å². The summed E-state index contributed by atoms with van der Waals surface area (Å²) >= 11 is 0. The third-order valence-electron chi connectivity index (χ3n) is 2.65. The van der Waals surface area contributed by atoms with Gasteiger partial charge in [0.2, 0.25) is 0 Å². The van der Waals surface area contributed by atoms with Crippen LogP contribution in [-0.2, 0) is 6.42 Å². The third kappa shape index (κ3) is 2.91. The van der Waals surface area contributed by atoms with Crippen LogP contribution in [0, 0.1) is 0 Å². The Morgan fingerprint density at radius 3 is 2.94 bits per heavy atom. The minimum atomic E-state index is -0.292. The minimum Gasteiger partial charge on any atom is -0.408 e. The first-order valence-corrected chi connectivity index (χ1v) is 5.84. The van der Waals surface area contributed by atoms with Crippen molar-refractivity contribution in [2.45, 2.75) is 19.3 Å². The number of rotatable bonds is 5. The molecule has 0 fully saturated rings. The Morgan fingerprint density at radius 1 is 1.29 bits per heavy atom. The maximum absolute atomic E-state index is 11.7. The molecule has 1 aromatic heterocycles. The molecule has 0 saturated carbocycles. The van der Waals surface area contributed by atoms with Gasteiger partial charge >= 0.3 is 5.63 Å². The molecule has 0 spiro atoms. The predicted molar refractivity (Wildman–Crippen MR) is 67.1 cm³/mol. The smallest absolute Gasteiger partial charge is 0.346 e. The number of hydrogen-bond donors (Lipinski definition) is 1. The summed E-state index contributed by atoms with van der Waals surface area (Å²) in [5.74, 6) is 0.532. The van der Waals surface area contributed by atoms with E-state index in [1.807, 2.05) is 25.2 Å². The van der Waals surface area contributed by atoms with Crippen LogP contribution in [0.4, 0.5) is 0 Å². The lowest BCUT2D eigenvalue weighted by Crippen LogP contribution is -2.09. The molecule has 0 aliphatic carbocycles. The zero-order chi connectivity index (χ0) is 12.1. The number of aryl methyl sites for hydroxylation is 1. The molecule has 90 valence electrons. The van der Waals surface area contributed by atoms with E-state index >= 15 is 0 Å². The number of aromatic nitrogens is 1. The molecule has 0 atom stereocenters. The van der Waals surface area contributed by atoms with Crippen LogP contribution < -0.4 is 10.9 Å². The summed E-state index contributed by atoms with van der Waals surface area (Å²) in [5, 5.41) is 3.63. The van der Waals surface area contributed by atoms with E-state index in [-0.39, 0.29) is 5.63 Å². The van der Waals surface area contributed by atoms with E-state index in [0.29, 0.717) is 23.2 Å². The molecule has 2 aromatic rings. The number of hydrogen-bond acceptors (Lipinski definition) is 4. The van der Waals surface area contributed by atoms with Gasteiger partial charge in [0.05, 0.1) is 10.9 Å². The van der Waals surface area contributed by atoms with Gasteiger partial charge in [-0.05, 0) is 38.6 Å². The van der Waals surface area contributed by atoms with Crippen molar-refractivity contribution in [3.63, 3.8) is 0 Å². The Kier molecular flexibility index (Phi) is 3.88. The van der Waals surface area contributed by atoms with E-state index in [1.54, 1.807) is 6.07 Å². The average molecular weight is 232 g/mol. The number of fused-ring (bicyclic) bond motifs is 1. The molecule has 1 N–H and O–H groups in total. The van der Waals surface area contributed by atoms with Gasteiger partial charge in [-0.1, -0.05) is 12.1 Å². The highest BCUT2D eigenvalue weighted by Crippen LogP contribution is 2.08. The Balaban J connectivity index is 2.16. The molecule has 0 amide bonds. The highest BCUT2D eigenvalue weighted by Gasteiger charge is 2.04. The van der Waals surface area contributed by atoms with Crippen molar-refractivity contribution >= 4 is 10.9 Å². The van der Waals surface area contributed by atoms with Crippen LogP contribution in [0.3, 0.4) is 0 Å². The average Bonchev–Trinajstić information content (AvgIpc) is 2.35. The van der Waals surface area contributed by atoms with E-state index in [4.69, 9.17) is 4.42 Å². The van der Waals surface area contributed by atoms with E-state index in [9.17, 15) is 4.79 Å². The van der Waals surface area contributed by atoms with Crippen molar-refractivity contribution in [2.75, 3.05) is 13.6 Å². The Bertz CT molecular complexity index is 548. The fraction of sp³-hybridized carbons (Fsp3) is 0.385. The third-order valence-corrected chi connectivity index (χ3v) is 2.65. The molecule has 0 aliphatic heterocycles. The summed E-state index contributed by atoms with van der Waals surface area (Å²) in [7, 11) is 1.92. The molecule has 1 heterocycles. The van der Waals surface area contributed by atoms with E-state index in [0.717, 1.165) is 19.4 Å². The van der Waals surface area contributed by atoms with Gasteiger partial charge in [0.15, 0.2) is 5.89 Å². The zero-order valence-electron chi connectivity index (χ0n) is 9.90. The molecular formula is C13H16N2O2. The van der Waals surface area contributed by atoms with Crippen molar-refractivity contribution in [1.82, 2.24) is 10.3 Å². The van der Waals surface area contributed by atoms with Crippen LogP contribution in [0.5, 0.6) is 0 Å². The quantitative estimate of drug-likeness (QED) is 0.798.